The summed E-state index contributed by atoms with van der Waals surface area (Å²) in [7, 11) is 1.34. The van der Waals surface area contributed by atoms with Crippen LogP contribution < -0.4 is 10.3 Å². The Kier molecular flexibility index (Phi) is 6.13. The van der Waals surface area contributed by atoms with Crippen LogP contribution in [0.2, 0.25) is 0 Å². The minimum absolute atomic E-state index is 0.0533. The Labute approximate surface area is 182 Å². The second kappa shape index (κ2) is 8.42. The summed E-state index contributed by atoms with van der Waals surface area (Å²) in [6.45, 7) is 3.81. The van der Waals surface area contributed by atoms with E-state index in [4.69, 9.17) is 4.74 Å². The van der Waals surface area contributed by atoms with Crippen LogP contribution in [0.3, 0.4) is 0 Å². The largest absolute Gasteiger partial charge is 0.490 e. The summed E-state index contributed by atoms with van der Waals surface area (Å²) in [6, 6.07) is 8.24. The number of benzene rings is 2. The number of nitro groups is 1. The van der Waals surface area contributed by atoms with Crippen molar-refractivity contribution in [2.24, 2.45) is 5.10 Å². The smallest absolute Gasteiger partial charge is 0.312 e. The predicted molar refractivity (Wildman–Crippen MR) is 118 cm³/mol. The molecule has 3 rings (SSSR count). The van der Waals surface area contributed by atoms with E-state index in [0.717, 1.165) is 4.47 Å². The van der Waals surface area contributed by atoms with Gasteiger partial charge in [0.15, 0.2) is 0 Å². The zero-order valence-corrected chi connectivity index (χ0v) is 18.9. The lowest BCUT2D eigenvalue weighted by atomic mass is 10.2. The molecular formula is C19H16Br2N4O4. The van der Waals surface area contributed by atoms with Crippen molar-refractivity contribution in [3.05, 3.63) is 71.1 Å². The highest BCUT2D eigenvalue weighted by molar-refractivity contribution is 9.10. The zero-order chi connectivity index (χ0) is 21.3. The first kappa shape index (κ1) is 21.1. The minimum atomic E-state index is -0.540. The topological polar surface area (TPSA) is 99.6 Å². The SMILES string of the molecule is COc1c(C=Nn2c(C(C)C)nc3ccc(Br)cc3c2=O)cc(Br)cc1[N+](=O)[O-]. The summed E-state index contributed by atoms with van der Waals surface area (Å²) in [5.74, 6) is 0.453. The molecule has 1 heterocycles. The maximum absolute atomic E-state index is 13.1. The molecule has 0 N–H and O–H groups in total. The van der Waals surface area contributed by atoms with E-state index in [0.29, 0.717) is 26.8 Å². The average molecular weight is 524 g/mol. The van der Waals surface area contributed by atoms with Crippen molar-refractivity contribution in [3.63, 3.8) is 0 Å². The third kappa shape index (κ3) is 4.23. The standard InChI is InChI=1S/C19H16Br2N4O4/c1-10(2)18-23-15-5-4-12(20)7-14(15)19(26)24(18)22-9-11-6-13(21)8-16(25(27)28)17(11)29-3/h4-10H,1-3H3. The van der Waals surface area contributed by atoms with Crippen LogP contribution in [0, 0.1) is 10.1 Å². The van der Waals surface area contributed by atoms with E-state index in [-0.39, 0.29) is 22.9 Å². The molecule has 0 radical (unpaired) electrons. The summed E-state index contributed by atoms with van der Waals surface area (Å²) < 4.78 is 7.67. The molecule has 150 valence electrons. The van der Waals surface area contributed by atoms with Gasteiger partial charge in [-0.25, -0.2) is 4.98 Å². The van der Waals surface area contributed by atoms with Gasteiger partial charge in [0.25, 0.3) is 5.56 Å². The van der Waals surface area contributed by atoms with Crippen molar-refractivity contribution >= 4 is 54.7 Å². The van der Waals surface area contributed by atoms with Gasteiger partial charge in [-0.05, 0) is 24.3 Å². The van der Waals surface area contributed by atoms with Crippen LogP contribution in [0.1, 0.15) is 31.2 Å². The molecule has 0 aliphatic heterocycles. The van der Waals surface area contributed by atoms with Gasteiger partial charge in [-0.15, -0.1) is 0 Å². The average Bonchev–Trinajstić information content (AvgIpc) is 2.66. The van der Waals surface area contributed by atoms with Gasteiger partial charge in [0.05, 0.1) is 29.2 Å². The van der Waals surface area contributed by atoms with Gasteiger partial charge >= 0.3 is 5.69 Å². The second-order valence-corrected chi connectivity index (χ2v) is 8.28. The highest BCUT2D eigenvalue weighted by Crippen LogP contribution is 2.33. The van der Waals surface area contributed by atoms with Gasteiger partial charge in [-0.3, -0.25) is 14.9 Å². The molecule has 0 unspecified atom stereocenters. The number of nitrogens with zero attached hydrogens (tertiary/aromatic N) is 4. The molecule has 29 heavy (non-hydrogen) atoms. The third-order valence-electron chi connectivity index (χ3n) is 4.13. The molecular weight excluding hydrogens is 508 g/mol. The van der Waals surface area contributed by atoms with Crippen LogP contribution in [-0.4, -0.2) is 27.9 Å². The molecule has 0 atom stereocenters. The molecule has 0 saturated carbocycles. The van der Waals surface area contributed by atoms with E-state index in [1.54, 1.807) is 18.2 Å². The molecule has 0 aliphatic rings. The zero-order valence-electron chi connectivity index (χ0n) is 15.7. The number of rotatable bonds is 5. The molecule has 0 fully saturated rings. The second-order valence-electron chi connectivity index (χ2n) is 6.45. The number of halogens is 2. The highest BCUT2D eigenvalue weighted by Gasteiger charge is 2.20. The van der Waals surface area contributed by atoms with Crippen LogP contribution >= 0.6 is 31.9 Å². The van der Waals surface area contributed by atoms with E-state index in [2.05, 4.69) is 41.9 Å². The summed E-state index contributed by atoms with van der Waals surface area (Å²) in [5.41, 5.74) is 0.383. The number of nitro benzene ring substituents is 1. The van der Waals surface area contributed by atoms with E-state index in [1.165, 1.54) is 24.1 Å². The van der Waals surface area contributed by atoms with Crippen LogP contribution in [0.4, 0.5) is 5.69 Å². The summed E-state index contributed by atoms with van der Waals surface area (Å²) >= 11 is 6.62. The van der Waals surface area contributed by atoms with Gasteiger partial charge in [0.1, 0.15) is 5.82 Å². The molecule has 10 heteroatoms. The van der Waals surface area contributed by atoms with Gasteiger partial charge in [-0.2, -0.15) is 9.78 Å². The van der Waals surface area contributed by atoms with E-state index in [1.807, 2.05) is 19.9 Å². The van der Waals surface area contributed by atoms with Crippen LogP contribution in [0.5, 0.6) is 5.75 Å². The molecule has 3 aromatic rings. The lowest BCUT2D eigenvalue weighted by Crippen LogP contribution is -2.23. The number of fused-ring (bicyclic) bond motifs is 1. The normalized spacial score (nSPS) is 11.5. The Bertz CT molecular complexity index is 1210. The molecule has 8 nitrogen and oxygen atoms in total. The van der Waals surface area contributed by atoms with E-state index >= 15 is 0 Å². The van der Waals surface area contributed by atoms with Gasteiger partial charge in [-0.1, -0.05) is 45.7 Å². The first-order chi connectivity index (χ1) is 13.7. The van der Waals surface area contributed by atoms with Crippen LogP contribution in [0.15, 0.2) is 49.2 Å². The maximum Gasteiger partial charge on any atom is 0.312 e. The van der Waals surface area contributed by atoms with Gasteiger partial charge in [0, 0.05) is 26.5 Å². The van der Waals surface area contributed by atoms with Gasteiger partial charge in [0.2, 0.25) is 5.75 Å². The monoisotopic (exact) mass is 522 g/mol. The molecule has 0 bridgehead atoms. The number of hydrogen-bond donors (Lipinski definition) is 0. The molecule has 2 aromatic carbocycles. The van der Waals surface area contributed by atoms with Crippen molar-refractivity contribution < 1.29 is 9.66 Å². The lowest BCUT2D eigenvalue weighted by Gasteiger charge is -2.12. The fraction of sp³-hybridized carbons (Fsp3) is 0.211. The van der Waals surface area contributed by atoms with Crippen LogP contribution in [0.25, 0.3) is 10.9 Å². The van der Waals surface area contributed by atoms with E-state index in [9.17, 15) is 14.9 Å². The van der Waals surface area contributed by atoms with Crippen molar-refractivity contribution in [2.75, 3.05) is 7.11 Å². The fourth-order valence-electron chi connectivity index (χ4n) is 2.82. The Hall–Kier alpha value is -2.59. The number of methoxy groups -OCH3 is 1. The van der Waals surface area contributed by atoms with Crippen molar-refractivity contribution in [1.29, 1.82) is 0 Å². The number of aromatic nitrogens is 2. The Morgan fingerprint density at radius 3 is 2.59 bits per heavy atom. The minimum Gasteiger partial charge on any atom is -0.490 e. The molecule has 0 amide bonds. The molecule has 0 spiro atoms. The van der Waals surface area contributed by atoms with Gasteiger partial charge < -0.3 is 4.74 Å². The van der Waals surface area contributed by atoms with Crippen molar-refractivity contribution in [2.45, 2.75) is 19.8 Å². The van der Waals surface area contributed by atoms with Crippen molar-refractivity contribution in [3.8, 4) is 5.75 Å². The number of hydrogen-bond acceptors (Lipinski definition) is 6. The first-order valence-electron chi connectivity index (χ1n) is 8.51. The van der Waals surface area contributed by atoms with Crippen LogP contribution in [-0.2, 0) is 0 Å². The number of ether oxygens (including phenoxy) is 1. The predicted octanol–water partition coefficient (Wildman–Crippen LogP) is 4.84. The Balaban J connectivity index is 2.24. The first-order valence-corrected chi connectivity index (χ1v) is 10.1. The van der Waals surface area contributed by atoms with Crippen molar-refractivity contribution in [1.82, 2.24) is 9.66 Å². The fourth-order valence-corrected chi connectivity index (χ4v) is 3.65. The molecule has 0 saturated heterocycles. The molecule has 1 aromatic heterocycles. The summed E-state index contributed by atoms with van der Waals surface area (Å²) in [6.07, 6.45) is 1.36. The lowest BCUT2D eigenvalue weighted by molar-refractivity contribution is -0.385. The Morgan fingerprint density at radius 2 is 1.97 bits per heavy atom. The summed E-state index contributed by atoms with van der Waals surface area (Å²) in [5, 5.41) is 16.0. The highest BCUT2D eigenvalue weighted by atomic mass is 79.9. The maximum atomic E-state index is 13.1. The summed E-state index contributed by atoms with van der Waals surface area (Å²) in [4.78, 5) is 28.4. The Morgan fingerprint density at radius 1 is 1.24 bits per heavy atom. The third-order valence-corrected chi connectivity index (χ3v) is 5.08. The quantitative estimate of drug-likeness (QED) is 0.270. The van der Waals surface area contributed by atoms with E-state index < -0.39 is 4.92 Å². The molecule has 0 aliphatic carbocycles.